The standard InChI is InChI=1S/C9H5F2IN2O2/c10-8(11)7-5(1-6(15)16)4(2-13)3-14-9(7)12/h3,8H,1H2,(H,15,16). The van der Waals surface area contributed by atoms with Gasteiger partial charge in [-0.2, -0.15) is 5.26 Å². The Bertz CT molecular complexity index is 471. The van der Waals surface area contributed by atoms with Crippen LogP contribution in [0.1, 0.15) is 23.1 Å². The number of hydrogen-bond acceptors (Lipinski definition) is 3. The van der Waals surface area contributed by atoms with Gasteiger partial charge in [0.1, 0.15) is 9.77 Å². The zero-order valence-electron chi connectivity index (χ0n) is 7.75. The molecule has 4 nitrogen and oxygen atoms in total. The summed E-state index contributed by atoms with van der Waals surface area (Å²) in [5.41, 5.74) is -0.760. The lowest BCUT2D eigenvalue weighted by molar-refractivity contribution is -0.136. The predicted molar refractivity (Wildman–Crippen MR) is 58.0 cm³/mol. The summed E-state index contributed by atoms with van der Waals surface area (Å²) in [5, 5.41) is 17.3. The minimum Gasteiger partial charge on any atom is -0.481 e. The number of hydrogen-bond donors (Lipinski definition) is 1. The fourth-order valence-corrected chi connectivity index (χ4v) is 1.90. The van der Waals surface area contributed by atoms with Crippen LogP contribution in [0.2, 0.25) is 0 Å². The number of aliphatic carboxylic acids is 1. The summed E-state index contributed by atoms with van der Waals surface area (Å²) in [6.07, 6.45) is -2.35. The molecule has 1 rings (SSSR count). The largest absolute Gasteiger partial charge is 0.481 e. The van der Waals surface area contributed by atoms with E-state index in [1.54, 1.807) is 28.7 Å². The highest BCUT2D eigenvalue weighted by Gasteiger charge is 2.22. The Kier molecular flexibility index (Phi) is 4.12. The molecule has 84 valence electrons. The Morgan fingerprint density at radius 2 is 2.31 bits per heavy atom. The number of pyridine rings is 1. The molecule has 0 amide bonds. The molecule has 1 aromatic heterocycles. The second-order valence-electron chi connectivity index (χ2n) is 2.84. The van der Waals surface area contributed by atoms with Crippen LogP contribution in [0, 0.1) is 15.0 Å². The number of nitrogens with zero attached hydrogens (tertiary/aromatic N) is 2. The van der Waals surface area contributed by atoms with Crippen LogP contribution in [0.4, 0.5) is 8.78 Å². The van der Waals surface area contributed by atoms with Crippen molar-refractivity contribution in [3.8, 4) is 6.07 Å². The minimum atomic E-state index is -2.85. The van der Waals surface area contributed by atoms with Crippen LogP contribution in [-0.4, -0.2) is 16.1 Å². The van der Waals surface area contributed by atoms with E-state index in [-0.39, 0.29) is 14.8 Å². The number of nitriles is 1. The molecule has 0 aromatic carbocycles. The fourth-order valence-electron chi connectivity index (χ4n) is 1.20. The summed E-state index contributed by atoms with van der Waals surface area (Å²) in [5.74, 6) is -1.26. The summed E-state index contributed by atoms with van der Waals surface area (Å²) < 4.78 is 25.4. The maximum atomic E-state index is 12.7. The summed E-state index contributed by atoms with van der Waals surface area (Å²) in [7, 11) is 0. The Morgan fingerprint density at radius 3 is 2.75 bits per heavy atom. The van der Waals surface area contributed by atoms with Gasteiger partial charge in [0.25, 0.3) is 6.43 Å². The number of carbonyl (C=O) groups is 1. The van der Waals surface area contributed by atoms with Crippen molar-refractivity contribution in [3.63, 3.8) is 0 Å². The lowest BCUT2D eigenvalue weighted by atomic mass is 10.0. The molecule has 1 heterocycles. The van der Waals surface area contributed by atoms with Gasteiger partial charge in [-0.25, -0.2) is 13.8 Å². The molecule has 7 heteroatoms. The van der Waals surface area contributed by atoms with Crippen molar-refractivity contribution in [1.29, 1.82) is 5.26 Å². The van der Waals surface area contributed by atoms with E-state index in [4.69, 9.17) is 10.4 Å². The number of halogens is 3. The van der Waals surface area contributed by atoms with Crippen molar-refractivity contribution in [2.75, 3.05) is 0 Å². The quantitative estimate of drug-likeness (QED) is 0.677. The molecule has 0 saturated carbocycles. The number of rotatable bonds is 3. The number of aromatic nitrogens is 1. The molecule has 0 spiro atoms. The van der Waals surface area contributed by atoms with Crippen LogP contribution < -0.4 is 0 Å². The van der Waals surface area contributed by atoms with Gasteiger partial charge in [0.15, 0.2) is 0 Å². The van der Waals surface area contributed by atoms with E-state index in [0.29, 0.717) is 0 Å². The molecular weight excluding hydrogens is 333 g/mol. The molecule has 0 atom stereocenters. The number of carboxylic acids is 1. The molecule has 0 fully saturated rings. The molecule has 0 aliphatic heterocycles. The maximum absolute atomic E-state index is 12.7. The predicted octanol–water partition coefficient (Wildman–Crippen LogP) is 2.12. The smallest absolute Gasteiger partial charge is 0.307 e. The summed E-state index contributed by atoms with van der Waals surface area (Å²) in [6.45, 7) is 0. The monoisotopic (exact) mass is 338 g/mol. The van der Waals surface area contributed by atoms with Gasteiger partial charge in [-0.3, -0.25) is 4.79 Å². The second-order valence-corrected chi connectivity index (χ2v) is 3.86. The van der Waals surface area contributed by atoms with Crippen LogP contribution in [0.15, 0.2) is 6.20 Å². The first-order valence-corrected chi connectivity index (χ1v) is 5.12. The van der Waals surface area contributed by atoms with Crippen LogP contribution in [0.25, 0.3) is 0 Å². The van der Waals surface area contributed by atoms with Crippen molar-refractivity contribution in [1.82, 2.24) is 4.98 Å². The van der Waals surface area contributed by atoms with Crippen molar-refractivity contribution < 1.29 is 18.7 Å². The Balaban J connectivity index is 3.43. The van der Waals surface area contributed by atoms with E-state index < -0.39 is 24.4 Å². The fraction of sp³-hybridized carbons (Fsp3) is 0.222. The number of alkyl halides is 2. The van der Waals surface area contributed by atoms with Crippen LogP contribution >= 0.6 is 22.6 Å². The first-order chi connectivity index (χ1) is 7.47. The van der Waals surface area contributed by atoms with Gasteiger partial charge >= 0.3 is 5.97 Å². The zero-order chi connectivity index (χ0) is 12.3. The van der Waals surface area contributed by atoms with Gasteiger partial charge in [0, 0.05) is 6.20 Å². The van der Waals surface area contributed by atoms with Crippen molar-refractivity contribution in [3.05, 3.63) is 26.6 Å². The van der Waals surface area contributed by atoms with E-state index >= 15 is 0 Å². The van der Waals surface area contributed by atoms with E-state index in [1.165, 1.54) is 0 Å². The van der Waals surface area contributed by atoms with Crippen molar-refractivity contribution in [2.24, 2.45) is 0 Å². The third-order valence-corrected chi connectivity index (χ3v) is 2.71. The molecule has 1 N–H and O–H groups in total. The van der Waals surface area contributed by atoms with Gasteiger partial charge in [-0.1, -0.05) is 0 Å². The lowest BCUT2D eigenvalue weighted by Crippen LogP contribution is -2.09. The average Bonchev–Trinajstić information content (AvgIpc) is 2.16. The van der Waals surface area contributed by atoms with Gasteiger partial charge in [0.05, 0.1) is 17.5 Å². The van der Waals surface area contributed by atoms with Gasteiger partial charge in [-0.05, 0) is 28.2 Å². The lowest BCUT2D eigenvalue weighted by Gasteiger charge is -2.09. The third kappa shape index (κ3) is 2.63. The highest BCUT2D eigenvalue weighted by molar-refractivity contribution is 14.1. The first-order valence-electron chi connectivity index (χ1n) is 4.04. The van der Waals surface area contributed by atoms with Gasteiger partial charge < -0.3 is 5.11 Å². The van der Waals surface area contributed by atoms with E-state index in [2.05, 4.69) is 4.98 Å². The molecule has 16 heavy (non-hydrogen) atoms. The SMILES string of the molecule is N#Cc1cnc(I)c(C(F)F)c1CC(=O)O. The Hall–Kier alpha value is -1.30. The van der Waals surface area contributed by atoms with Crippen LogP contribution in [0.5, 0.6) is 0 Å². The van der Waals surface area contributed by atoms with Crippen molar-refractivity contribution >= 4 is 28.6 Å². The topological polar surface area (TPSA) is 74.0 Å². The maximum Gasteiger partial charge on any atom is 0.307 e. The van der Waals surface area contributed by atoms with E-state index in [1.807, 2.05) is 0 Å². The molecule has 0 saturated heterocycles. The van der Waals surface area contributed by atoms with Crippen LogP contribution in [-0.2, 0) is 11.2 Å². The zero-order valence-corrected chi connectivity index (χ0v) is 9.90. The summed E-state index contributed by atoms with van der Waals surface area (Å²) >= 11 is 1.59. The van der Waals surface area contributed by atoms with Crippen LogP contribution in [0.3, 0.4) is 0 Å². The van der Waals surface area contributed by atoms with Gasteiger partial charge in [0.2, 0.25) is 0 Å². The molecule has 0 aliphatic rings. The average molecular weight is 338 g/mol. The minimum absolute atomic E-state index is 0.0165. The van der Waals surface area contributed by atoms with E-state index in [9.17, 15) is 13.6 Å². The molecule has 0 unspecified atom stereocenters. The highest BCUT2D eigenvalue weighted by Crippen LogP contribution is 2.29. The Labute approximate surface area is 103 Å². The molecule has 0 aliphatic carbocycles. The molecular formula is C9H5F2IN2O2. The molecule has 0 radical (unpaired) electrons. The Morgan fingerprint density at radius 1 is 1.69 bits per heavy atom. The third-order valence-electron chi connectivity index (χ3n) is 1.85. The second kappa shape index (κ2) is 5.16. The number of carboxylic acid groups (broad SMARTS) is 1. The molecule has 1 aromatic rings. The highest BCUT2D eigenvalue weighted by atomic mass is 127. The van der Waals surface area contributed by atoms with Crippen molar-refractivity contribution in [2.45, 2.75) is 12.8 Å². The normalized spacial score (nSPS) is 10.2. The first kappa shape index (κ1) is 12.8. The molecule has 0 bridgehead atoms. The van der Waals surface area contributed by atoms with E-state index in [0.717, 1.165) is 6.20 Å². The summed E-state index contributed by atoms with van der Waals surface area (Å²) in [4.78, 5) is 14.2. The summed E-state index contributed by atoms with van der Waals surface area (Å²) in [6, 6.07) is 1.66. The van der Waals surface area contributed by atoms with Gasteiger partial charge in [-0.15, -0.1) is 0 Å².